The maximum Gasteiger partial charge on any atom is 0.236 e. The van der Waals surface area contributed by atoms with Gasteiger partial charge in [0, 0.05) is 51.7 Å². The molecule has 1 fully saturated rings. The number of carbonyl (C=O) groups is 2. The quantitative estimate of drug-likeness (QED) is 0.751. The minimum atomic E-state index is -0.117. The fourth-order valence-corrected chi connectivity index (χ4v) is 2.63. The zero-order chi connectivity index (χ0) is 15.8. The van der Waals surface area contributed by atoms with Crippen LogP contribution in [0.25, 0.3) is 0 Å². The third-order valence-corrected chi connectivity index (χ3v) is 4.15. The maximum absolute atomic E-state index is 12.2. The van der Waals surface area contributed by atoms with Gasteiger partial charge in [-0.15, -0.1) is 24.8 Å². The first-order valence-corrected chi connectivity index (χ1v) is 8.02. The summed E-state index contributed by atoms with van der Waals surface area (Å²) in [5, 5.41) is 0. The Labute approximate surface area is 152 Å². The van der Waals surface area contributed by atoms with Gasteiger partial charge in [0.25, 0.3) is 0 Å². The second kappa shape index (κ2) is 12.8. The first-order chi connectivity index (χ1) is 10.0. The highest BCUT2D eigenvalue weighted by atomic mass is 35.5. The van der Waals surface area contributed by atoms with Crippen LogP contribution in [0.3, 0.4) is 0 Å². The van der Waals surface area contributed by atoms with E-state index in [1.54, 1.807) is 0 Å². The molecule has 0 aliphatic carbocycles. The standard InChI is InChI=1S/C15H30N4O2.2ClH/c1-4-18(5-2)14(20)12-17-7-6-8-19(10-9-17)15(21)13(3)11-16;;/h13H,4-12,16H2,1-3H3;2*1H. The Kier molecular flexibility index (Phi) is 13.8. The molecular formula is C15H32Cl2N4O2. The number of nitrogens with zero attached hydrogens (tertiary/aromatic N) is 3. The van der Waals surface area contributed by atoms with Crippen LogP contribution in [-0.2, 0) is 9.59 Å². The molecule has 2 amide bonds. The minimum absolute atomic E-state index is 0. The summed E-state index contributed by atoms with van der Waals surface area (Å²) in [7, 11) is 0. The Bertz CT molecular complexity index is 354. The number of hydrogen-bond donors (Lipinski definition) is 1. The van der Waals surface area contributed by atoms with Gasteiger partial charge in [-0.3, -0.25) is 14.5 Å². The molecule has 1 unspecified atom stereocenters. The number of nitrogens with two attached hydrogens (primary N) is 1. The van der Waals surface area contributed by atoms with E-state index in [-0.39, 0.29) is 42.5 Å². The van der Waals surface area contributed by atoms with Gasteiger partial charge in [-0.1, -0.05) is 6.92 Å². The van der Waals surface area contributed by atoms with E-state index >= 15 is 0 Å². The lowest BCUT2D eigenvalue weighted by molar-refractivity contribution is -0.134. The molecule has 0 radical (unpaired) electrons. The highest BCUT2D eigenvalue weighted by molar-refractivity contribution is 5.85. The average Bonchev–Trinajstić information content (AvgIpc) is 2.72. The summed E-state index contributed by atoms with van der Waals surface area (Å²) in [4.78, 5) is 30.2. The summed E-state index contributed by atoms with van der Waals surface area (Å²) in [6.45, 7) is 11.3. The van der Waals surface area contributed by atoms with Crippen molar-refractivity contribution >= 4 is 36.6 Å². The monoisotopic (exact) mass is 370 g/mol. The smallest absolute Gasteiger partial charge is 0.236 e. The lowest BCUT2D eigenvalue weighted by Crippen LogP contribution is -2.43. The topological polar surface area (TPSA) is 69.9 Å². The van der Waals surface area contributed by atoms with Gasteiger partial charge in [0.1, 0.15) is 0 Å². The Morgan fingerprint density at radius 3 is 2.22 bits per heavy atom. The SMILES string of the molecule is CCN(CC)C(=O)CN1CCCN(C(=O)C(C)CN)CC1.Cl.Cl. The molecule has 23 heavy (non-hydrogen) atoms. The third kappa shape index (κ3) is 7.70. The van der Waals surface area contributed by atoms with Crippen LogP contribution in [0.4, 0.5) is 0 Å². The molecule has 1 saturated heterocycles. The molecule has 0 bridgehead atoms. The van der Waals surface area contributed by atoms with Crippen molar-refractivity contribution in [3.05, 3.63) is 0 Å². The van der Waals surface area contributed by atoms with Crippen LogP contribution in [-0.4, -0.2) is 78.9 Å². The summed E-state index contributed by atoms with van der Waals surface area (Å²) in [5.41, 5.74) is 5.57. The van der Waals surface area contributed by atoms with E-state index in [4.69, 9.17) is 5.73 Å². The van der Waals surface area contributed by atoms with Gasteiger partial charge in [-0.2, -0.15) is 0 Å². The number of rotatable bonds is 6. The van der Waals surface area contributed by atoms with E-state index in [9.17, 15) is 9.59 Å². The lowest BCUT2D eigenvalue weighted by atomic mass is 10.1. The summed E-state index contributed by atoms with van der Waals surface area (Å²) in [6, 6.07) is 0. The Balaban J connectivity index is 0. The van der Waals surface area contributed by atoms with Gasteiger partial charge >= 0.3 is 0 Å². The van der Waals surface area contributed by atoms with Gasteiger partial charge in [0.2, 0.25) is 11.8 Å². The van der Waals surface area contributed by atoms with E-state index in [0.29, 0.717) is 19.6 Å². The predicted molar refractivity (Wildman–Crippen MR) is 98.3 cm³/mol. The molecule has 0 spiro atoms. The molecule has 0 aromatic carbocycles. The van der Waals surface area contributed by atoms with Crippen LogP contribution in [0.15, 0.2) is 0 Å². The number of amides is 2. The summed E-state index contributed by atoms with van der Waals surface area (Å²) in [5.74, 6) is 0.193. The molecule has 1 aliphatic rings. The molecule has 0 aromatic rings. The normalized spacial score (nSPS) is 16.6. The van der Waals surface area contributed by atoms with Crippen LogP contribution in [0.2, 0.25) is 0 Å². The molecule has 8 heteroatoms. The Morgan fingerprint density at radius 1 is 1.09 bits per heavy atom. The number of hydrogen-bond acceptors (Lipinski definition) is 4. The third-order valence-electron chi connectivity index (χ3n) is 4.15. The first kappa shape index (κ1) is 24.7. The van der Waals surface area contributed by atoms with Crippen molar-refractivity contribution in [2.45, 2.75) is 27.2 Å². The molecule has 138 valence electrons. The summed E-state index contributed by atoms with van der Waals surface area (Å²) >= 11 is 0. The minimum Gasteiger partial charge on any atom is -0.342 e. The van der Waals surface area contributed by atoms with E-state index < -0.39 is 0 Å². The van der Waals surface area contributed by atoms with Crippen molar-refractivity contribution in [2.75, 3.05) is 52.4 Å². The van der Waals surface area contributed by atoms with E-state index in [1.807, 2.05) is 30.6 Å². The fraction of sp³-hybridized carbons (Fsp3) is 0.867. The van der Waals surface area contributed by atoms with Gasteiger partial charge in [0.05, 0.1) is 6.54 Å². The van der Waals surface area contributed by atoms with Crippen LogP contribution in [0, 0.1) is 5.92 Å². The van der Waals surface area contributed by atoms with Gasteiger partial charge in [-0.25, -0.2) is 0 Å². The number of carbonyl (C=O) groups excluding carboxylic acids is 2. The zero-order valence-corrected chi connectivity index (χ0v) is 16.1. The van der Waals surface area contributed by atoms with Crippen LogP contribution >= 0.6 is 24.8 Å². The van der Waals surface area contributed by atoms with E-state index in [0.717, 1.165) is 39.1 Å². The van der Waals surface area contributed by atoms with Crippen LogP contribution in [0.1, 0.15) is 27.2 Å². The van der Waals surface area contributed by atoms with E-state index in [2.05, 4.69) is 4.90 Å². The van der Waals surface area contributed by atoms with Gasteiger partial charge < -0.3 is 15.5 Å². The molecule has 1 heterocycles. The van der Waals surface area contributed by atoms with Gasteiger partial charge in [0.15, 0.2) is 0 Å². The van der Waals surface area contributed by atoms with Crippen LogP contribution in [0.5, 0.6) is 0 Å². The maximum atomic E-state index is 12.2. The van der Waals surface area contributed by atoms with Crippen molar-refractivity contribution in [1.29, 1.82) is 0 Å². The van der Waals surface area contributed by atoms with Gasteiger partial charge in [-0.05, 0) is 20.3 Å². The molecule has 0 aromatic heterocycles. The number of halogens is 2. The Morgan fingerprint density at radius 2 is 1.70 bits per heavy atom. The summed E-state index contributed by atoms with van der Waals surface area (Å²) < 4.78 is 0. The molecule has 1 atom stereocenters. The molecule has 1 aliphatic heterocycles. The second-order valence-electron chi connectivity index (χ2n) is 5.66. The summed E-state index contributed by atoms with van der Waals surface area (Å²) in [6.07, 6.45) is 0.911. The van der Waals surface area contributed by atoms with Crippen molar-refractivity contribution in [1.82, 2.24) is 14.7 Å². The lowest BCUT2D eigenvalue weighted by Gasteiger charge is -2.25. The predicted octanol–water partition coefficient (Wildman–Crippen LogP) is 0.827. The van der Waals surface area contributed by atoms with Crippen LogP contribution < -0.4 is 5.73 Å². The van der Waals surface area contributed by atoms with Crippen molar-refractivity contribution in [2.24, 2.45) is 11.7 Å². The van der Waals surface area contributed by atoms with Crippen molar-refractivity contribution in [3.63, 3.8) is 0 Å². The zero-order valence-electron chi connectivity index (χ0n) is 14.5. The van der Waals surface area contributed by atoms with E-state index in [1.165, 1.54) is 0 Å². The Hall–Kier alpha value is -0.560. The first-order valence-electron chi connectivity index (χ1n) is 8.02. The highest BCUT2D eigenvalue weighted by Crippen LogP contribution is 2.08. The molecule has 6 nitrogen and oxygen atoms in total. The molecule has 0 saturated carbocycles. The number of likely N-dealkylation sites (N-methyl/N-ethyl adjacent to an activating group) is 1. The van der Waals surface area contributed by atoms with Crippen molar-refractivity contribution in [3.8, 4) is 0 Å². The average molecular weight is 371 g/mol. The second-order valence-corrected chi connectivity index (χ2v) is 5.66. The fourth-order valence-electron chi connectivity index (χ4n) is 2.63. The molecule has 2 N–H and O–H groups in total. The largest absolute Gasteiger partial charge is 0.342 e. The molecular weight excluding hydrogens is 339 g/mol. The molecule has 1 rings (SSSR count). The highest BCUT2D eigenvalue weighted by Gasteiger charge is 2.23. The van der Waals surface area contributed by atoms with Crippen molar-refractivity contribution < 1.29 is 9.59 Å².